The number of rotatable bonds is 6. The summed E-state index contributed by atoms with van der Waals surface area (Å²) in [5.41, 5.74) is 5.53. The topological polar surface area (TPSA) is 125 Å². The fourth-order valence-corrected chi connectivity index (χ4v) is 2.30. The van der Waals surface area contributed by atoms with Gasteiger partial charge in [-0.2, -0.15) is 0 Å². The number of nitrogens with one attached hydrogen (secondary N) is 1. The number of carbonyl (C=O) groups excluding carboxylic acids is 1. The maximum absolute atomic E-state index is 11.7. The molecule has 0 radical (unpaired) electrons. The molecule has 0 unspecified atom stereocenters. The Balaban J connectivity index is 1.90. The number of nitrogens with two attached hydrogens (primary N) is 1. The van der Waals surface area contributed by atoms with Crippen LogP contribution < -0.4 is 11.1 Å². The molecule has 2 heterocycles. The lowest BCUT2D eigenvalue weighted by molar-refractivity contribution is -0.113. The average molecular weight is 297 g/mol. The highest BCUT2D eigenvalue weighted by molar-refractivity contribution is 7.99. The molecular formula is C10H15N7O2S. The predicted molar refractivity (Wildman–Crippen MR) is 72.2 cm³/mol. The minimum absolute atomic E-state index is 0.0905. The van der Waals surface area contributed by atoms with E-state index in [4.69, 9.17) is 10.2 Å². The molecule has 0 saturated heterocycles. The number of anilines is 1. The Morgan fingerprint density at radius 1 is 1.35 bits per heavy atom. The number of thioether (sulfide) groups is 1. The van der Waals surface area contributed by atoms with Crippen LogP contribution in [-0.4, -0.2) is 43.2 Å². The molecule has 2 rings (SSSR count). The lowest BCUT2D eigenvalue weighted by Gasteiger charge is -2.05. The van der Waals surface area contributed by atoms with Crippen LogP contribution in [0.1, 0.15) is 11.7 Å². The quantitative estimate of drug-likeness (QED) is 0.712. The minimum Gasteiger partial charge on any atom is -0.408 e. The van der Waals surface area contributed by atoms with Crippen molar-refractivity contribution in [3.8, 4) is 0 Å². The molecule has 2 aromatic heterocycles. The largest absolute Gasteiger partial charge is 0.408 e. The second-order valence-electron chi connectivity index (χ2n) is 3.93. The van der Waals surface area contributed by atoms with Crippen molar-refractivity contribution in [1.29, 1.82) is 0 Å². The predicted octanol–water partition coefficient (Wildman–Crippen LogP) is -0.0326. The molecule has 10 heteroatoms. The molecule has 0 aliphatic rings. The minimum atomic E-state index is -0.251. The number of aryl methyl sites for hydroxylation is 2. The summed E-state index contributed by atoms with van der Waals surface area (Å²) in [6.07, 6.45) is 0. The molecule has 0 aliphatic heterocycles. The first kappa shape index (κ1) is 14.5. The molecule has 0 bridgehead atoms. The molecule has 1 amide bonds. The van der Waals surface area contributed by atoms with Crippen molar-refractivity contribution in [3.05, 3.63) is 11.7 Å². The number of carbonyl (C=O) groups is 1. The van der Waals surface area contributed by atoms with E-state index in [1.807, 2.05) is 11.5 Å². The Kier molecular flexibility index (Phi) is 4.69. The zero-order valence-corrected chi connectivity index (χ0v) is 12.0. The van der Waals surface area contributed by atoms with Crippen LogP contribution in [0.4, 0.5) is 6.01 Å². The Labute approximate surface area is 119 Å². The highest BCUT2D eigenvalue weighted by atomic mass is 32.2. The first-order valence-electron chi connectivity index (χ1n) is 5.92. The second-order valence-corrected chi connectivity index (χ2v) is 4.88. The molecule has 0 fully saturated rings. The van der Waals surface area contributed by atoms with Crippen LogP contribution >= 0.6 is 11.8 Å². The third-order valence-electron chi connectivity index (χ3n) is 2.36. The highest BCUT2D eigenvalue weighted by Crippen LogP contribution is 2.16. The van der Waals surface area contributed by atoms with E-state index in [1.165, 1.54) is 11.8 Å². The van der Waals surface area contributed by atoms with Crippen LogP contribution in [0.2, 0.25) is 0 Å². The van der Waals surface area contributed by atoms with E-state index in [2.05, 4.69) is 25.7 Å². The van der Waals surface area contributed by atoms with Crippen LogP contribution in [0.15, 0.2) is 9.57 Å². The van der Waals surface area contributed by atoms with E-state index in [9.17, 15) is 4.79 Å². The monoisotopic (exact) mass is 297 g/mol. The van der Waals surface area contributed by atoms with Gasteiger partial charge < -0.3 is 14.7 Å². The van der Waals surface area contributed by atoms with Gasteiger partial charge in [0.05, 0.1) is 5.75 Å². The van der Waals surface area contributed by atoms with Gasteiger partial charge >= 0.3 is 6.01 Å². The number of nitrogens with zero attached hydrogens (tertiary/aromatic N) is 5. The zero-order valence-electron chi connectivity index (χ0n) is 11.2. The van der Waals surface area contributed by atoms with E-state index >= 15 is 0 Å². The van der Waals surface area contributed by atoms with Gasteiger partial charge in [-0.15, -0.1) is 15.3 Å². The zero-order chi connectivity index (χ0) is 14.5. The summed E-state index contributed by atoms with van der Waals surface area (Å²) in [5, 5.41) is 18.4. The van der Waals surface area contributed by atoms with Gasteiger partial charge in [0.2, 0.25) is 11.8 Å². The maximum atomic E-state index is 11.7. The van der Waals surface area contributed by atoms with Gasteiger partial charge in [-0.25, -0.2) is 0 Å². The van der Waals surface area contributed by atoms with Crippen LogP contribution in [0.3, 0.4) is 0 Å². The number of hydrogen-bond donors (Lipinski definition) is 2. The molecule has 0 atom stereocenters. The Bertz CT molecular complexity index is 594. The normalized spacial score (nSPS) is 10.8. The van der Waals surface area contributed by atoms with Crippen LogP contribution in [0, 0.1) is 13.8 Å². The Morgan fingerprint density at radius 3 is 2.80 bits per heavy atom. The van der Waals surface area contributed by atoms with Crippen molar-refractivity contribution < 1.29 is 9.21 Å². The summed E-state index contributed by atoms with van der Waals surface area (Å²) in [7, 11) is 0. The van der Waals surface area contributed by atoms with Gasteiger partial charge in [-0.1, -0.05) is 16.9 Å². The van der Waals surface area contributed by atoms with Gasteiger partial charge in [0, 0.05) is 20.0 Å². The van der Waals surface area contributed by atoms with Crippen LogP contribution in [0.25, 0.3) is 0 Å². The van der Waals surface area contributed by atoms with Crippen molar-refractivity contribution in [2.24, 2.45) is 5.73 Å². The van der Waals surface area contributed by atoms with Crippen molar-refractivity contribution in [1.82, 2.24) is 25.0 Å². The van der Waals surface area contributed by atoms with Gasteiger partial charge in [0.25, 0.3) is 0 Å². The van der Waals surface area contributed by atoms with E-state index in [0.29, 0.717) is 24.1 Å². The fraction of sp³-hybridized carbons (Fsp3) is 0.500. The van der Waals surface area contributed by atoms with Crippen molar-refractivity contribution in [3.63, 3.8) is 0 Å². The average Bonchev–Trinajstić information content (AvgIpc) is 2.96. The maximum Gasteiger partial charge on any atom is 0.322 e. The Hall–Kier alpha value is -1.94. The first-order valence-corrected chi connectivity index (χ1v) is 6.91. The van der Waals surface area contributed by atoms with E-state index in [0.717, 1.165) is 5.82 Å². The highest BCUT2D eigenvalue weighted by Gasteiger charge is 2.13. The number of amides is 1. The molecule has 0 aromatic carbocycles. The Morgan fingerprint density at radius 2 is 2.15 bits per heavy atom. The summed E-state index contributed by atoms with van der Waals surface area (Å²) >= 11 is 1.27. The van der Waals surface area contributed by atoms with Crippen molar-refractivity contribution in [2.75, 3.05) is 17.6 Å². The summed E-state index contributed by atoms with van der Waals surface area (Å²) in [6.45, 7) is 4.59. The SMILES string of the molecule is Cc1nnc(NC(=O)CSc2nnc(C)n2CCN)o1. The molecule has 0 saturated carbocycles. The smallest absolute Gasteiger partial charge is 0.322 e. The molecule has 0 aliphatic carbocycles. The van der Waals surface area contributed by atoms with Crippen LogP contribution in [0.5, 0.6) is 0 Å². The summed E-state index contributed by atoms with van der Waals surface area (Å²) in [4.78, 5) is 11.7. The first-order chi connectivity index (χ1) is 9.60. The van der Waals surface area contributed by atoms with E-state index in [1.54, 1.807) is 6.92 Å². The van der Waals surface area contributed by atoms with Crippen LogP contribution in [-0.2, 0) is 11.3 Å². The molecule has 108 valence electrons. The lowest BCUT2D eigenvalue weighted by atomic mass is 10.6. The van der Waals surface area contributed by atoms with Crippen molar-refractivity contribution in [2.45, 2.75) is 25.5 Å². The molecule has 20 heavy (non-hydrogen) atoms. The third-order valence-corrected chi connectivity index (χ3v) is 3.33. The van der Waals surface area contributed by atoms with Gasteiger partial charge in [-0.05, 0) is 6.92 Å². The van der Waals surface area contributed by atoms with Gasteiger partial charge in [0.1, 0.15) is 5.82 Å². The van der Waals surface area contributed by atoms with Gasteiger partial charge in [0.15, 0.2) is 5.16 Å². The fourth-order valence-electron chi connectivity index (χ4n) is 1.49. The third kappa shape index (κ3) is 3.54. The second kappa shape index (κ2) is 6.48. The van der Waals surface area contributed by atoms with Crippen molar-refractivity contribution >= 4 is 23.7 Å². The van der Waals surface area contributed by atoms with E-state index in [-0.39, 0.29) is 17.7 Å². The standard InChI is InChI=1S/C10H15N7O2S/c1-6-13-16-10(17(6)4-3-11)20-5-8(18)12-9-15-14-7(2)19-9/h3-5,11H2,1-2H3,(H,12,15,18). The lowest BCUT2D eigenvalue weighted by Crippen LogP contribution is -2.16. The molecule has 2 aromatic rings. The number of aromatic nitrogens is 5. The molecule has 3 N–H and O–H groups in total. The molecule has 9 nitrogen and oxygen atoms in total. The molecule has 0 spiro atoms. The number of hydrogen-bond acceptors (Lipinski definition) is 8. The summed E-state index contributed by atoms with van der Waals surface area (Å²) < 4.78 is 6.93. The summed E-state index contributed by atoms with van der Waals surface area (Å²) in [6, 6.07) is 0.0905. The molecular weight excluding hydrogens is 282 g/mol. The summed E-state index contributed by atoms with van der Waals surface area (Å²) in [5.74, 6) is 1.08. The van der Waals surface area contributed by atoms with Gasteiger partial charge in [-0.3, -0.25) is 10.1 Å². The van der Waals surface area contributed by atoms with E-state index < -0.39 is 0 Å².